The maximum Gasteiger partial charge on any atom is 0.0679 e. The molecule has 0 N–H and O–H groups in total. The number of hydrogen-bond acceptors (Lipinski definition) is 1. The van der Waals surface area contributed by atoms with E-state index in [-0.39, 0.29) is 5.60 Å². The van der Waals surface area contributed by atoms with Crippen molar-refractivity contribution in [3.63, 3.8) is 0 Å². The minimum absolute atomic E-state index is 0.188. The average molecular weight is 156 g/mol. The smallest absolute Gasteiger partial charge is 0.0679 e. The predicted octanol–water partition coefficient (Wildman–Crippen LogP) is 2.99. The molecule has 1 heteroatoms. The summed E-state index contributed by atoms with van der Waals surface area (Å²) >= 11 is 0. The third-order valence-electron chi connectivity index (χ3n) is 3.15. The van der Waals surface area contributed by atoms with Crippen molar-refractivity contribution >= 4 is 0 Å². The third kappa shape index (κ3) is 1.96. The first-order chi connectivity index (χ1) is 5.19. The van der Waals surface area contributed by atoms with Gasteiger partial charge in [-0.1, -0.05) is 20.3 Å². The maximum absolute atomic E-state index is 5.82. The predicted molar refractivity (Wildman–Crippen MR) is 47.7 cm³/mol. The van der Waals surface area contributed by atoms with Crippen molar-refractivity contribution in [2.24, 2.45) is 5.92 Å². The summed E-state index contributed by atoms with van der Waals surface area (Å²) in [6, 6.07) is 0. The first-order valence-electron chi connectivity index (χ1n) is 4.83. The molecule has 0 spiro atoms. The van der Waals surface area contributed by atoms with Gasteiger partial charge in [-0.25, -0.2) is 0 Å². The monoisotopic (exact) mass is 156 g/mol. The standard InChI is InChI=1S/C10H20O/c1-4-9(2)10(3)7-5-6-8-11-10/h9H,4-8H2,1-3H3. The molecular weight excluding hydrogens is 136 g/mol. The highest BCUT2D eigenvalue weighted by atomic mass is 16.5. The van der Waals surface area contributed by atoms with Gasteiger partial charge in [-0.3, -0.25) is 0 Å². The lowest BCUT2D eigenvalue weighted by atomic mass is 9.83. The summed E-state index contributed by atoms with van der Waals surface area (Å²) in [7, 11) is 0. The summed E-state index contributed by atoms with van der Waals surface area (Å²) in [6.07, 6.45) is 5.09. The van der Waals surface area contributed by atoms with E-state index < -0.39 is 0 Å². The van der Waals surface area contributed by atoms with Crippen LogP contribution in [0, 0.1) is 5.92 Å². The molecule has 1 fully saturated rings. The van der Waals surface area contributed by atoms with E-state index in [9.17, 15) is 0 Å². The molecule has 0 amide bonds. The molecule has 1 rings (SSSR count). The van der Waals surface area contributed by atoms with Crippen LogP contribution >= 0.6 is 0 Å². The van der Waals surface area contributed by atoms with Gasteiger partial charge in [0.1, 0.15) is 0 Å². The van der Waals surface area contributed by atoms with E-state index in [0.717, 1.165) is 6.61 Å². The lowest BCUT2D eigenvalue weighted by molar-refractivity contribution is -0.0996. The van der Waals surface area contributed by atoms with Gasteiger partial charge >= 0.3 is 0 Å². The first-order valence-corrected chi connectivity index (χ1v) is 4.83. The molecule has 0 aromatic heterocycles. The van der Waals surface area contributed by atoms with Crippen LogP contribution in [-0.4, -0.2) is 12.2 Å². The van der Waals surface area contributed by atoms with Crippen LogP contribution in [0.3, 0.4) is 0 Å². The van der Waals surface area contributed by atoms with E-state index in [0.29, 0.717) is 5.92 Å². The summed E-state index contributed by atoms with van der Waals surface area (Å²) in [5.41, 5.74) is 0.188. The molecule has 1 nitrogen and oxygen atoms in total. The van der Waals surface area contributed by atoms with Crippen LogP contribution in [-0.2, 0) is 4.74 Å². The summed E-state index contributed by atoms with van der Waals surface area (Å²) < 4.78 is 5.82. The van der Waals surface area contributed by atoms with Crippen molar-refractivity contribution in [3.05, 3.63) is 0 Å². The number of rotatable bonds is 2. The summed E-state index contributed by atoms with van der Waals surface area (Å²) in [6.45, 7) is 7.78. The fourth-order valence-electron chi connectivity index (χ4n) is 1.78. The third-order valence-corrected chi connectivity index (χ3v) is 3.15. The number of ether oxygens (including phenoxy) is 1. The Bertz CT molecular complexity index is 114. The van der Waals surface area contributed by atoms with Crippen LogP contribution < -0.4 is 0 Å². The van der Waals surface area contributed by atoms with Gasteiger partial charge in [0, 0.05) is 6.61 Å². The zero-order valence-electron chi connectivity index (χ0n) is 8.02. The Morgan fingerprint density at radius 3 is 2.64 bits per heavy atom. The Morgan fingerprint density at radius 1 is 1.45 bits per heavy atom. The quantitative estimate of drug-likeness (QED) is 0.597. The minimum atomic E-state index is 0.188. The van der Waals surface area contributed by atoms with Crippen LogP contribution in [0.4, 0.5) is 0 Å². The van der Waals surface area contributed by atoms with Gasteiger partial charge < -0.3 is 4.74 Å². The van der Waals surface area contributed by atoms with Gasteiger partial charge in [0.05, 0.1) is 5.60 Å². The summed E-state index contributed by atoms with van der Waals surface area (Å²) in [5.74, 6) is 0.711. The van der Waals surface area contributed by atoms with Gasteiger partial charge in [0.15, 0.2) is 0 Å². The first kappa shape index (κ1) is 9.05. The van der Waals surface area contributed by atoms with Crippen molar-refractivity contribution in [1.29, 1.82) is 0 Å². The van der Waals surface area contributed by atoms with E-state index in [2.05, 4.69) is 20.8 Å². The summed E-state index contributed by atoms with van der Waals surface area (Å²) in [4.78, 5) is 0. The Labute approximate surface area is 70.1 Å². The maximum atomic E-state index is 5.82. The van der Waals surface area contributed by atoms with E-state index >= 15 is 0 Å². The van der Waals surface area contributed by atoms with Gasteiger partial charge in [-0.15, -0.1) is 0 Å². The molecule has 1 aliphatic heterocycles. The van der Waals surface area contributed by atoms with Crippen LogP contribution in [0.25, 0.3) is 0 Å². The van der Waals surface area contributed by atoms with Gasteiger partial charge in [0.25, 0.3) is 0 Å². The lowest BCUT2D eigenvalue weighted by Crippen LogP contribution is -2.39. The van der Waals surface area contributed by atoms with Gasteiger partial charge in [-0.2, -0.15) is 0 Å². The molecule has 11 heavy (non-hydrogen) atoms. The molecule has 0 radical (unpaired) electrons. The molecule has 2 unspecified atom stereocenters. The Balaban J connectivity index is 2.49. The highest BCUT2D eigenvalue weighted by Crippen LogP contribution is 2.33. The Kier molecular flexibility index (Phi) is 2.94. The van der Waals surface area contributed by atoms with Crippen molar-refractivity contribution in [2.75, 3.05) is 6.61 Å². The molecule has 1 heterocycles. The highest BCUT2D eigenvalue weighted by molar-refractivity contribution is 4.82. The lowest BCUT2D eigenvalue weighted by Gasteiger charge is -2.38. The molecule has 0 aromatic rings. The number of hydrogen-bond donors (Lipinski definition) is 0. The van der Waals surface area contributed by atoms with Crippen LogP contribution in [0.5, 0.6) is 0 Å². The molecular formula is C10H20O. The molecule has 0 aliphatic carbocycles. The molecule has 66 valence electrons. The van der Waals surface area contributed by atoms with Gasteiger partial charge in [-0.05, 0) is 32.1 Å². The van der Waals surface area contributed by atoms with Crippen molar-refractivity contribution in [3.8, 4) is 0 Å². The van der Waals surface area contributed by atoms with Crippen molar-refractivity contribution in [2.45, 2.75) is 52.1 Å². The zero-order valence-corrected chi connectivity index (χ0v) is 8.02. The molecule has 1 saturated heterocycles. The second-order valence-electron chi connectivity index (χ2n) is 3.93. The second-order valence-corrected chi connectivity index (χ2v) is 3.93. The van der Waals surface area contributed by atoms with E-state index in [1.54, 1.807) is 0 Å². The fraction of sp³-hybridized carbons (Fsp3) is 1.00. The molecule has 2 atom stereocenters. The molecule has 0 bridgehead atoms. The second kappa shape index (κ2) is 3.57. The molecule has 0 aromatic carbocycles. The van der Waals surface area contributed by atoms with E-state index in [1.807, 2.05) is 0 Å². The molecule has 0 saturated carbocycles. The van der Waals surface area contributed by atoms with Gasteiger partial charge in [0.2, 0.25) is 0 Å². The van der Waals surface area contributed by atoms with Crippen LogP contribution in [0.2, 0.25) is 0 Å². The molecule has 1 aliphatic rings. The van der Waals surface area contributed by atoms with Crippen molar-refractivity contribution < 1.29 is 4.74 Å². The van der Waals surface area contributed by atoms with Crippen molar-refractivity contribution in [1.82, 2.24) is 0 Å². The normalized spacial score (nSPS) is 35.2. The Morgan fingerprint density at radius 2 is 2.18 bits per heavy atom. The fourth-order valence-corrected chi connectivity index (χ4v) is 1.78. The highest BCUT2D eigenvalue weighted by Gasteiger charge is 2.32. The van der Waals surface area contributed by atoms with Crippen LogP contribution in [0.1, 0.15) is 46.5 Å². The topological polar surface area (TPSA) is 9.23 Å². The van der Waals surface area contributed by atoms with E-state index in [4.69, 9.17) is 4.74 Å². The zero-order chi connectivity index (χ0) is 8.32. The van der Waals surface area contributed by atoms with Crippen LogP contribution in [0.15, 0.2) is 0 Å². The van der Waals surface area contributed by atoms with E-state index in [1.165, 1.54) is 25.7 Å². The minimum Gasteiger partial charge on any atom is -0.375 e. The summed E-state index contributed by atoms with van der Waals surface area (Å²) in [5, 5.41) is 0. The average Bonchev–Trinajstić information content (AvgIpc) is 2.04. The SMILES string of the molecule is CCC(C)C1(C)CCCCO1. The Hall–Kier alpha value is -0.0400. The largest absolute Gasteiger partial charge is 0.375 e.